The minimum atomic E-state index is 0.0533. The van der Waals surface area contributed by atoms with Crippen molar-refractivity contribution in [1.29, 1.82) is 0 Å². The second-order valence-corrected chi connectivity index (χ2v) is 4.23. The highest BCUT2D eigenvalue weighted by Gasteiger charge is 2.03. The monoisotopic (exact) mass is 242 g/mol. The maximum Gasteiger partial charge on any atom is 0.119 e. The van der Waals surface area contributed by atoms with Gasteiger partial charge < -0.3 is 4.74 Å². The fraction of sp³-hybridized carbons (Fsp3) is 0.200. The van der Waals surface area contributed by atoms with E-state index in [1.807, 2.05) is 37.3 Å². The van der Waals surface area contributed by atoms with E-state index in [0.29, 0.717) is 6.54 Å². The van der Waals surface area contributed by atoms with Gasteiger partial charge >= 0.3 is 0 Å². The SMILES string of the molecule is CC(CNN)Oc1ccc(-c2ccccc2)cc1. The summed E-state index contributed by atoms with van der Waals surface area (Å²) in [5.41, 5.74) is 5.00. The molecule has 2 rings (SSSR count). The number of rotatable bonds is 5. The van der Waals surface area contributed by atoms with Crippen LogP contribution >= 0.6 is 0 Å². The predicted molar refractivity (Wildman–Crippen MR) is 74.2 cm³/mol. The van der Waals surface area contributed by atoms with Gasteiger partial charge in [-0.3, -0.25) is 11.3 Å². The lowest BCUT2D eigenvalue weighted by Crippen LogP contribution is -2.33. The molecule has 0 radical (unpaired) electrons. The smallest absolute Gasteiger partial charge is 0.119 e. The molecule has 0 saturated carbocycles. The Bertz CT molecular complexity index is 468. The quantitative estimate of drug-likeness (QED) is 0.626. The molecule has 0 aliphatic rings. The Labute approximate surface area is 108 Å². The molecule has 0 amide bonds. The van der Waals surface area contributed by atoms with Gasteiger partial charge in [0.15, 0.2) is 0 Å². The fourth-order valence-electron chi connectivity index (χ4n) is 1.80. The average molecular weight is 242 g/mol. The summed E-state index contributed by atoms with van der Waals surface area (Å²) >= 11 is 0. The zero-order valence-corrected chi connectivity index (χ0v) is 10.5. The van der Waals surface area contributed by atoms with Gasteiger partial charge in [0.1, 0.15) is 11.9 Å². The molecule has 3 nitrogen and oxygen atoms in total. The zero-order chi connectivity index (χ0) is 12.8. The molecular weight excluding hydrogens is 224 g/mol. The molecule has 1 unspecified atom stereocenters. The Morgan fingerprint density at radius 2 is 1.61 bits per heavy atom. The van der Waals surface area contributed by atoms with Gasteiger partial charge in [0.25, 0.3) is 0 Å². The highest BCUT2D eigenvalue weighted by atomic mass is 16.5. The summed E-state index contributed by atoms with van der Waals surface area (Å²) in [4.78, 5) is 0. The van der Waals surface area contributed by atoms with Gasteiger partial charge in [-0.25, -0.2) is 0 Å². The van der Waals surface area contributed by atoms with Crippen LogP contribution in [0.15, 0.2) is 54.6 Å². The summed E-state index contributed by atoms with van der Waals surface area (Å²) in [6.45, 7) is 2.60. The third-order valence-corrected chi connectivity index (χ3v) is 2.70. The number of hydrogen-bond donors (Lipinski definition) is 2. The van der Waals surface area contributed by atoms with Gasteiger partial charge in [-0.15, -0.1) is 0 Å². The number of ether oxygens (including phenoxy) is 1. The summed E-state index contributed by atoms with van der Waals surface area (Å²) in [5.74, 6) is 6.11. The van der Waals surface area contributed by atoms with Gasteiger partial charge in [0, 0.05) is 6.54 Å². The Balaban J connectivity index is 2.06. The average Bonchev–Trinajstić information content (AvgIpc) is 2.41. The van der Waals surface area contributed by atoms with Crippen LogP contribution in [0.4, 0.5) is 0 Å². The normalized spacial score (nSPS) is 12.1. The van der Waals surface area contributed by atoms with Crippen LogP contribution in [0.25, 0.3) is 11.1 Å². The Morgan fingerprint density at radius 3 is 2.22 bits per heavy atom. The molecule has 0 aliphatic heterocycles. The van der Waals surface area contributed by atoms with Crippen molar-refractivity contribution < 1.29 is 4.74 Å². The van der Waals surface area contributed by atoms with Crippen molar-refractivity contribution in [2.75, 3.05) is 6.54 Å². The third-order valence-electron chi connectivity index (χ3n) is 2.70. The number of nitrogens with one attached hydrogen (secondary N) is 1. The van der Waals surface area contributed by atoms with Crippen molar-refractivity contribution >= 4 is 0 Å². The van der Waals surface area contributed by atoms with Crippen LogP contribution in [0.2, 0.25) is 0 Å². The molecule has 0 fully saturated rings. The Hall–Kier alpha value is -1.84. The van der Waals surface area contributed by atoms with E-state index in [9.17, 15) is 0 Å². The second-order valence-electron chi connectivity index (χ2n) is 4.23. The van der Waals surface area contributed by atoms with Crippen LogP contribution in [0.1, 0.15) is 6.92 Å². The van der Waals surface area contributed by atoms with Crippen LogP contribution in [0.5, 0.6) is 5.75 Å². The number of benzene rings is 2. The van der Waals surface area contributed by atoms with Crippen LogP contribution in [0.3, 0.4) is 0 Å². The summed E-state index contributed by atoms with van der Waals surface area (Å²) in [5, 5.41) is 0. The molecule has 2 aromatic carbocycles. The number of hydrogen-bond acceptors (Lipinski definition) is 3. The molecule has 2 aromatic rings. The summed E-state index contributed by atoms with van der Waals surface area (Å²) in [6.07, 6.45) is 0.0533. The standard InChI is InChI=1S/C15H18N2O/c1-12(11-17-16)18-15-9-7-14(8-10-15)13-5-3-2-4-6-13/h2-10,12,17H,11,16H2,1H3. The number of nitrogens with two attached hydrogens (primary N) is 1. The zero-order valence-electron chi connectivity index (χ0n) is 10.5. The first-order valence-electron chi connectivity index (χ1n) is 6.05. The van der Waals surface area contributed by atoms with E-state index in [4.69, 9.17) is 10.6 Å². The molecule has 0 heterocycles. The van der Waals surface area contributed by atoms with Gasteiger partial charge in [-0.1, -0.05) is 42.5 Å². The van der Waals surface area contributed by atoms with E-state index in [0.717, 1.165) is 5.75 Å². The lowest BCUT2D eigenvalue weighted by atomic mass is 10.1. The number of hydrazine groups is 1. The molecule has 18 heavy (non-hydrogen) atoms. The second kappa shape index (κ2) is 6.19. The van der Waals surface area contributed by atoms with Crippen LogP contribution in [0, 0.1) is 0 Å². The maximum atomic E-state index is 5.70. The van der Waals surface area contributed by atoms with Crippen LogP contribution in [-0.2, 0) is 0 Å². The largest absolute Gasteiger partial charge is 0.489 e. The topological polar surface area (TPSA) is 47.3 Å². The molecule has 0 bridgehead atoms. The van der Waals surface area contributed by atoms with E-state index in [1.165, 1.54) is 11.1 Å². The lowest BCUT2D eigenvalue weighted by Gasteiger charge is -2.14. The van der Waals surface area contributed by atoms with Gasteiger partial charge in [0.05, 0.1) is 0 Å². The highest BCUT2D eigenvalue weighted by Crippen LogP contribution is 2.22. The first-order chi connectivity index (χ1) is 8.79. The third kappa shape index (κ3) is 3.32. The summed E-state index contributed by atoms with van der Waals surface area (Å²) in [7, 11) is 0. The molecule has 3 N–H and O–H groups in total. The first-order valence-corrected chi connectivity index (χ1v) is 6.05. The molecule has 3 heteroatoms. The molecule has 0 aliphatic carbocycles. The Morgan fingerprint density at radius 1 is 1.00 bits per heavy atom. The van der Waals surface area contributed by atoms with Gasteiger partial charge in [0.2, 0.25) is 0 Å². The van der Waals surface area contributed by atoms with E-state index >= 15 is 0 Å². The lowest BCUT2D eigenvalue weighted by molar-refractivity contribution is 0.218. The fourth-order valence-corrected chi connectivity index (χ4v) is 1.80. The molecular formula is C15H18N2O. The Kier molecular flexibility index (Phi) is 4.34. The van der Waals surface area contributed by atoms with Crippen molar-refractivity contribution in [3.8, 4) is 16.9 Å². The summed E-state index contributed by atoms with van der Waals surface area (Å²) in [6, 6.07) is 18.4. The van der Waals surface area contributed by atoms with Crippen molar-refractivity contribution in [3.63, 3.8) is 0 Å². The minimum absolute atomic E-state index is 0.0533. The molecule has 94 valence electrons. The van der Waals surface area contributed by atoms with E-state index in [-0.39, 0.29) is 6.10 Å². The van der Waals surface area contributed by atoms with Crippen molar-refractivity contribution in [1.82, 2.24) is 5.43 Å². The first kappa shape index (κ1) is 12.6. The maximum absolute atomic E-state index is 5.70. The van der Waals surface area contributed by atoms with Crippen LogP contribution < -0.4 is 16.0 Å². The highest BCUT2D eigenvalue weighted by molar-refractivity contribution is 5.63. The van der Waals surface area contributed by atoms with E-state index in [1.54, 1.807) is 0 Å². The van der Waals surface area contributed by atoms with Gasteiger partial charge in [-0.05, 0) is 30.2 Å². The molecule has 0 spiro atoms. The van der Waals surface area contributed by atoms with Crippen LogP contribution in [-0.4, -0.2) is 12.6 Å². The van der Waals surface area contributed by atoms with Crippen molar-refractivity contribution in [3.05, 3.63) is 54.6 Å². The van der Waals surface area contributed by atoms with Crippen molar-refractivity contribution in [2.45, 2.75) is 13.0 Å². The van der Waals surface area contributed by atoms with Gasteiger partial charge in [-0.2, -0.15) is 0 Å². The predicted octanol–water partition coefficient (Wildman–Crippen LogP) is 2.58. The van der Waals surface area contributed by atoms with Crippen molar-refractivity contribution in [2.24, 2.45) is 5.84 Å². The van der Waals surface area contributed by atoms with E-state index in [2.05, 4.69) is 29.7 Å². The molecule has 0 aromatic heterocycles. The minimum Gasteiger partial charge on any atom is -0.489 e. The summed E-state index contributed by atoms with van der Waals surface area (Å²) < 4.78 is 5.70. The molecule has 1 atom stereocenters. The van der Waals surface area contributed by atoms with E-state index < -0.39 is 0 Å². The molecule has 0 saturated heterocycles.